The minimum absolute atomic E-state index is 0.188. The number of piperidine rings is 1. The number of ether oxygens (including phenoxy) is 1. The third kappa shape index (κ3) is 3.03. The van der Waals surface area contributed by atoms with E-state index < -0.39 is 0 Å². The van der Waals surface area contributed by atoms with Crippen LogP contribution in [0, 0.1) is 5.41 Å². The third-order valence-corrected chi connectivity index (χ3v) is 5.71. The molecule has 1 atom stereocenters. The van der Waals surface area contributed by atoms with Gasteiger partial charge in [0.15, 0.2) is 0 Å². The number of carbonyl (C=O) groups is 1. The first-order chi connectivity index (χ1) is 11.2. The fraction of sp³-hybridized carbons (Fsp3) is 0.444. The summed E-state index contributed by atoms with van der Waals surface area (Å²) in [5.41, 5.74) is 2.31. The molecule has 0 aliphatic carbocycles. The molecule has 1 spiro atoms. The van der Waals surface area contributed by atoms with Crippen LogP contribution in [0.15, 0.2) is 35.7 Å². The average molecular weight is 328 g/mol. The fourth-order valence-electron chi connectivity index (χ4n) is 3.51. The highest BCUT2D eigenvalue weighted by molar-refractivity contribution is 7.09. The molecule has 2 aliphatic rings. The van der Waals surface area contributed by atoms with Crippen molar-refractivity contribution in [2.45, 2.75) is 25.8 Å². The van der Waals surface area contributed by atoms with Crippen molar-refractivity contribution in [2.24, 2.45) is 5.41 Å². The number of hydrogen-bond donors (Lipinski definition) is 0. The van der Waals surface area contributed by atoms with Crippen molar-refractivity contribution in [3.8, 4) is 11.3 Å². The molecule has 0 unspecified atom stereocenters. The number of aromatic nitrogens is 1. The van der Waals surface area contributed by atoms with Crippen LogP contribution in [0.2, 0.25) is 0 Å². The van der Waals surface area contributed by atoms with E-state index in [4.69, 9.17) is 9.72 Å². The first-order valence-corrected chi connectivity index (χ1v) is 8.97. The molecule has 1 aromatic carbocycles. The monoisotopic (exact) mass is 328 g/mol. The molecule has 3 heterocycles. The highest BCUT2D eigenvalue weighted by atomic mass is 32.1. The van der Waals surface area contributed by atoms with E-state index in [0.717, 1.165) is 48.9 Å². The number of carbonyl (C=O) groups excluding carboxylic acids is 1. The van der Waals surface area contributed by atoms with Crippen molar-refractivity contribution >= 4 is 17.2 Å². The Hall–Kier alpha value is -1.72. The lowest BCUT2D eigenvalue weighted by atomic mass is 9.79. The Balaban J connectivity index is 1.49. The first kappa shape index (κ1) is 14.8. The van der Waals surface area contributed by atoms with Gasteiger partial charge in [-0.15, -0.1) is 11.3 Å². The number of thiazole rings is 1. The van der Waals surface area contributed by atoms with Crippen LogP contribution in [0.25, 0.3) is 11.3 Å². The van der Waals surface area contributed by atoms with E-state index in [2.05, 4.69) is 17.5 Å². The van der Waals surface area contributed by atoms with Crippen molar-refractivity contribution in [1.29, 1.82) is 0 Å². The van der Waals surface area contributed by atoms with Gasteiger partial charge in [-0.1, -0.05) is 30.3 Å². The van der Waals surface area contributed by atoms with Crippen LogP contribution >= 0.6 is 11.3 Å². The second-order valence-electron chi connectivity index (χ2n) is 6.54. The molecule has 2 aromatic rings. The number of amides is 1. The van der Waals surface area contributed by atoms with Gasteiger partial charge in [-0.3, -0.25) is 4.79 Å². The van der Waals surface area contributed by atoms with Gasteiger partial charge in [-0.25, -0.2) is 4.98 Å². The number of nitrogens with zero attached hydrogens (tertiary/aromatic N) is 2. The second kappa shape index (κ2) is 6.06. The van der Waals surface area contributed by atoms with Crippen LogP contribution in [0.1, 0.15) is 24.3 Å². The summed E-state index contributed by atoms with van der Waals surface area (Å²) in [5, 5.41) is 3.08. The molecule has 0 saturated carbocycles. The minimum atomic E-state index is 0.188. The highest BCUT2D eigenvalue weighted by Crippen LogP contribution is 2.38. The summed E-state index contributed by atoms with van der Waals surface area (Å²) in [6.07, 6.45) is 2.68. The molecule has 1 aromatic heterocycles. The maximum absolute atomic E-state index is 12.3. The Morgan fingerprint density at radius 2 is 2.13 bits per heavy atom. The molecule has 4 rings (SSSR count). The van der Waals surface area contributed by atoms with Crippen LogP contribution in [-0.4, -0.2) is 35.5 Å². The normalized spacial score (nSPS) is 24.5. The van der Waals surface area contributed by atoms with E-state index in [1.807, 2.05) is 23.1 Å². The van der Waals surface area contributed by atoms with E-state index in [1.165, 1.54) is 0 Å². The second-order valence-corrected chi connectivity index (χ2v) is 7.49. The lowest BCUT2D eigenvalue weighted by Gasteiger charge is -2.38. The van der Waals surface area contributed by atoms with Gasteiger partial charge in [0.1, 0.15) is 5.01 Å². The minimum Gasteiger partial charge on any atom is -0.381 e. The summed E-state index contributed by atoms with van der Waals surface area (Å²) in [4.78, 5) is 19.0. The summed E-state index contributed by atoms with van der Waals surface area (Å²) >= 11 is 1.63. The summed E-state index contributed by atoms with van der Waals surface area (Å²) in [5.74, 6) is 0.249. The topological polar surface area (TPSA) is 42.4 Å². The van der Waals surface area contributed by atoms with E-state index in [-0.39, 0.29) is 11.3 Å². The summed E-state index contributed by atoms with van der Waals surface area (Å²) in [6, 6.07) is 10.2. The molecule has 0 N–H and O–H groups in total. The van der Waals surface area contributed by atoms with Crippen LogP contribution < -0.4 is 0 Å². The van der Waals surface area contributed by atoms with Gasteiger partial charge in [0.05, 0.1) is 18.8 Å². The molecule has 2 fully saturated rings. The van der Waals surface area contributed by atoms with Crippen LogP contribution in [-0.2, 0) is 16.1 Å². The Morgan fingerprint density at radius 1 is 1.26 bits per heavy atom. The summed E-state index contributed by atoms with van der Waals surface area (Å²) in [7, 11) is 0. The number of rotatable bonds is 3. The zero-order valence-corrected chi connectivity index (χ0v) is 13.8. The molecule has 0 bridgehead atoms. The highest BCUT2D eigenvalue weighted by Gasteiger charge is 2.41. The standard InChI is InChI=1S/C18H20N2O2S/c21-17-6-7-18(8-9-22-13-18)12-20(17)10-16-19-15(11-23-16)14-4-2-1-3-5-14/h1-5,11H,6-10,12-13H2/t18-/m1/s1. The Kier molecular flexibility index (Phi) is 3.91. The van der Waals surface area contributed by atoms with Crippen molar-refractivity contribution in [3.05, 3.63) is 40.7 Å². The predicted octanol–water partition coefficient (Wildman–Crippen LogP) is 3.34. The van der Waals surface area contributed by atoms with Crippen LogP contribution in [0.5, 0.6) is 0 Å². The van der Waals surface area contributed by atoms with Crippen molar-refractivity contribution in [1.82, 2.24) is 9.88 Å². The lowest BCUT2D eigenvalue weighted by Crippen LogP contribution is -2.46. The number of benzene rings is 1. The molecular formula is C18H20N2O2S. The molecule has 4 nitrogen and oxygen atoms in total. The molecule has 0 radical (unpaired) electrons. The van der Waals surface area contributed by atoms with E-state index in [0.29, 0.717) is 13.0 Å². The molecular weight excluding hydrogens is 308 g/mol. The largest absolute Gasteiger partial charge is 0.381 e. The molecule has 1 amide bonds. The summed E-state index contributed by atoms with van der Waals surface area (Å²) in [6.45, 7) is 3.06. The van der Waals surface area contributed by atoms with Crippen molar-refractivity contribution in [3.63, 3.8) is 0 Å². The average Bonchev–Trinajstić information content (AvgIpc) is 3.22. The molecule has 2 saturated heterocycles. The maximum atomic E-state index is 12.3. The zero-order valence-electron chi connectivity index (χ0n) is 13.0. The summed E-state index contributed by atoms with van der Waals surface area (Å²) < 4.78 is 5.58. The van der Waals surface area contributed by atoms with Gasteiger partial charge in [-0.2, -0.15) is 0 Å². The maximum Gasteiger partial charge on any atom is 0.222 e. The van der Waals surface area contributed by atoms with Gasteiger partial charge in [-0.05, 0) is 12.8 Å². The smallest absolute Gasteiger partial charge is 0.222 e. The predicted molar refractivity (Wildman–Crippen MR) is 90.1 cm³/mol. The van der Waals surface area contributed by atoms with Gasteiger partial charge >= 0.3 is 0 Å². The Bertz CT molecular complexity index is 692. The number of likely N-dealkylation sites (tertiary alicyclic amines) is 1. The van der Waals surface area contributed by atoms with Crippen LogP contribution in [0.3, 0.4) is 0 Å². The Labute approximate surface area is 140 Å². The molecule has 2 aliphatic heterocycles. The first-order valence-electron chi connectivity index (χ1n) is 8.10. The van der Waals surface area contributed by atoms with E-state index >= 15 is 0 Å². The van der Waals surface area contributed by atoms with Crippen LogP contribution in [0.4, 0.5) is 0 Å². The SMILES string of the molecule is O=C1CC[C@@]2(CCOC2)CN1Cc1nc(-c2ccccc2)cs1. The third-order valence-electron chi connectivity index (χ3n) is 4.88. The van der Waals surface area contributed by atoms with Gasteiger partial charge in [0.2, 0.25) is 5.91 Å². The zero-order chi connectivity index (χ0) is 15.7. The van der Waals surface area contributed by atoms with E-state index in [1.54, 1.807) is 11.3 Å². The van der Waals surface area contributed by atoms with Gasteiger partial charge < -0.3 is 9.64 Å². The quantitative estimate of drug-likeness (QED) is 0.868. The van der Waals surface area contributed by atoms with Gasteiger partial charge in [0, 0.05) is 35.9 Å². The number of hydrogen-bond acceptors (Lipinski definition) is 4. The van der Waals surface area contributed by atoms with Gasteiger partial charge in [0.25, 0.3) is 0 Å². The Morgan fingerprint density at radius 3 is 2.91 bits per heavy atom. The molecule has 5 heteroatoms. The fourth-order valence-corrected chi connectivity index (χ4v) is 4.32. The molecule has 120 valence electrons. The van der Waals surface area contributed by atoms with Crippen molar-refractivity contribution in [2.75, 3.05) is 19.8 Å². The lowest BCUT2D eigenvalue weighted by molar-refractivity contribution is -0.138. The molecule has 23 heavy (non-hydrogen) atoms. The van der Waals surface area contributed by atoms with E-state index in [9.17, 15) is 4.79 Å². The van der Waals surface area contributed by atoms with Crippen molar-refractivity contribution < 1.29 is 9.53 Å².